The van der Waals surface area contributed by atoms with Crippen LogP contribution in [0.1, 0.15) is 20.7 Å². The van der Waals surface area contributed by atoms with Gasteiger partial charge in [0.25, 0.3) is 0 Å². The number of aromatic carboxylic acids is 2. The maximum absolute atomic E-state index is 11.5. The molecule has 3 rings (SSSR count). The Labute approximate surface area is 112 Å². The molecule has 3 aromatic rings. The molecule has 0 spiro atoms. The molecule has 6 heteroatoms. The zero-order chi connectivity index (χ0) is 14.3. The maximum atomic E-state index is 11.5. The molecule has 2 heterocycles. The monoisotopic (exact) mass is 268 g/mol. The number of hydrogen-bond acceptors (Lipinski definition) is 4. The molecule has 0 aliphatic heterocycles. The lowest BCUT2D eigenvalue weighted by Crippen LogP contribution is -2.10. The van der Waals surface area contributed by atoms with E-state index in [2.05, 4.69) is 9.97 Å². The molecule has 0 radical (unpaired) electrons. The zero-order valence-corrected chi connectivity index (χ0v) is 10.1. The third kappa shape index (κ3) is 1.58. The molecule has 0 atom stereocenters. The molecule has 2 aromatic heterocycles. The van der Waals surface area contributed by atoms with Crippen molar-refractivity contribution in [1.29, 1.82) is 0 Å². The Kier molecular flexibility index (Phi) is 2.57. The number of hydrogen-bond donors (Lipinski definition) is 2. The Hall–Kier alpha value is -3.02. The Balaban J connectivity index is 2.69. The summed E-state index contributed by atoms with van der Waals surface area (Å²) < 4.78 is 0. The van der Waals surface area contributed by atoms with Gasteiger partial charge >= 0.3 is 11.9 Å². The normalized spacial score (nSPS) is 10.8. The van der Waals surface area contributed by atoms with Gasteiger partial charge in [-0.25, -0.2) is 9.59 Å². The first-order chi connectivity index (χ1) is 9.61. The quantitative estimate of drug-likeness (QED) is 0.691. The van der Waals surface area contributed by atoms with Gasteiger partial charge in [-0.1, -0.05) is 12.1 Å². The van der Waals surface area contributed by atoms with Gasteiger partial charge in [-0.3, -0.25) is 9.97 Å². The number of rotatable bonds is 2. The highest BCUT2D eigenvalue weighted by Crippen LogP contribution is 2.30. The first-order valence-electron chi connectivity index (χ1n) is 5.73. The van der Waals surface area contributed by atoms with Crippen LogP contribution in [0.4, 0.5) is 0 Å². The summed E-state index contributed by atoms with van der Waals surface area (Å²) in [6, 6.07) is 6.20. The molecular formula is C14H8N2O4. The Bertz CT molecular complexity index is 801. The van der Waals surface area contributed by atoms with E-state index in [4.69, 9.17) is 0 Å². The van der Waals surface area contributed by atoms with Crippen molar-refractivity contribution in [3.05, 3.63) is 47.8 Å². The van der Waals surface area contributed by atoms with E-state index in [1.165, 1.54) is 24.5 Å². The van der Waals surface area contributed by atoms with Crippen LogP contribution < -0.4 is 0 Å². The van der Waals surface area contributed by atoms with Gasteiger partial charge in [0.1, 0.15) is 0 Å². The fourth-order valence-corrected chi connectivity index (χ4v) is 2.31. The van der Waals surface area contributed by atoms with Crippen molar-refractivity contribution in [3.63, 3.8) is 0 Å². The van der Waals surface area contributed by atoms with Gasteiger partial charge in [0, 0.05) is 23.2 Å². The van der Waals surface area contributed by atoms with Crippen LogP contribution >= 0.6 is 0 Å². The Morgan fingerprint density at radius 3 is 1.55 bits per heavy atom. The van der Waals surface area contributed by atoms with Gasteiger partial charge in [-0.2, -0.15) is 0 Å². The second-order valence-electron chi connectivity index (χ2n) is 4.16. The van der Waals surface area contributed by atoms with E-state index in [0.717, 1.165) is 0 Å². The van der Waals surface area contributed by atoms with Gasteiger partial charge in [0.05, 0.1) is 22.2 Å². The molecule has 0 unspecified atom stereocenters. The highest BCUT2D eigenvalue weighted by Gasteiger charge is 2.24. The first-order valence-corrected chi connectivity index (χ1v) is 5.73. The minimum Gasteiger partial charge on any atom is -0.478 e. The van der Waals surface area contributed by atoms with Gasteiger partial charge in [0.15, 0.2) is 0 Å². The summed E-state index contributed by atoms with van der Waals surface area (Å²) >= 11 is 0. The van der Waals surface area contributed by atoms with Crippen molar-refractivity contribution in [3.8, 4) is 0 Å². The molecule has 0 saturated heterocycles. The van der Waals surface area contributed by atoms with Crippen molar-refractivity contribution >= 4 is 33.7 Å². The number of benzene rings is 1. The molecule has 0 saturated carbocycles. The second kappa shape index (κ2) is 4.27. The molecule has 6 nitrogen and oxygen atoms in total. The number of carboxylic acids is 2. The summed E-state index contributed by atoms with van der Waals surface area (Å²) in [6.45, 7) is 0. The predicted molar refractivity (Wildman–Crippen MR) is 71.0 cm³/mol. The van der Waals surface area contributed by atoms with E-state index in [9.17, 15) is 19.8 Å². The molecule has 98 valence electrons. The fraction of sp³-hybridized carbons (Fsp3) is 0. The SMILES string of the molecule is O=C(O)c1c(C(=O)O)c2cccnc2c2ncccc12. The molecule has 0 amide bonds. The van der Waals surface area contributed by atoms with E-state index < -0.39 is 11.9 Å². The minimum absolute atomic E-state index is 0.263. The lowest BCUT2D eigenvalue weighted by Gasteiger charge is -2.10. The summed E-state index contributed by atoms with van der Waals surface area (Å²) in [6.07, 6.45) is 3.03. The summed E-state index contributed by atoms with van der Waals surface area (Å²) in [5.41, 5.74) is 0.234. The van der Waals surface area contributed by atoms with Crippen molar-refractivity contribution in [2.24, 2.45) is 0 Å². The van der Waals surface area contributed by atoms with Crippen LogP contribution in [0.25, 0.3) is 21.8 Å². The highest BCUT2D eigenvalue weighted by atomic mass is 16.4. The molecule has 0 aliphatic rings. The first kappa shape index (κ1) is 12.0. The lowest BCUT2D eigenvalue weighted by molar-refractivity contribution is 0.0655. The number of aromatic nitrogens is 2. The maximum Gasteiger partial charge on any atom is 0.337 e. The van der Waals surface area contributed by atoms with E-state index in [-0.39, 0.29) is 21.9 Å². The van der Waals surface area contributed by atoms with Crippen LogP contribution in [0, 0.1) is 0 Å². The fourth-order valence-electron chi connectivity index (χ4n) is 2.31. The largest absolute Gasteiger partial charge is 0.478 e. The van der Waals surface area contributed by atoms with Crippen LogP contribution in [0.5, 0.6) is 0 Å². The van der Waals surface area contributed by atoms with Crippen LogP contribution in [-0.2, 0) is 0 Å². The van der Waals surface area contributed by atoms with Crippen molar-refractivity contribution < 1.29 is 19.8 Å². The Morgan fingerprint density at radius 2 is 1.20 bits per heavy atom. The van der Waals surface area contributed by atoms with Crippen molar-refractivity contribution in [2.45, 2.75) is 0 Å². The molecule has 1 aromatic carbocycles. The van der Waals surface area contributed by atoms with Crippen LogP contribution in [-0.4, -0.2) is 32.1 Å². The van der Waals surface area contributed by atoms with Gasteiger partial charge in [0.2, 0.25) is 0 Å². The summed E-state index contributed by atoms with van der Waals surface area (Å²) in [5.74, 6) is -2.60. The van der Waals surface area contributed by atoms with Crippen LogP contribution in [0.3, 0.4) is 0 Å². The summed E-state index contributed by atoms with van der Waals surface area (Å²) in [5, 5.41) is 19.3. The number of carboxylic acid groups (broad SMARTS) is 2. The molecule has 0 bridgehead atoms. The van der Waals surface area contributed by atoms with Crippen molar-refractivity contribution in [1.82, 2.24) is 9.97 Å². The zero-order valence-electron chi connectivity index (χ0n) is 10.1. The summed E-state index contributed by atoms with van der Waals surface area (Å²) in [7, 11) is 0. The number of carbonyl (C=O) groups is 2. The van der Waals surface area contributed by atoms with Gasteiger partial charge < -0.3 is 10.2 Å². The number of nitrogens with zero attached hydrogens (tertiary/aromatic N) is 2. The Morgan fingerprint density at radius 1 is 0.800 bits per heavy atom. The highest BCUT2D eigenvalue weighted by molar-refractivity contribution is 6.22. The molecular weight excluding hydrogens is 260 g/mol. The smallest absolute Gasteiger partial charge is 0.337 e. The average molecular weight is 268 g/mol. The lowest BCUT2D eigenvalue weighted by atomic mass is 9.96. The third-order valence-electron chi connectivity index (χ3n) is 3.06. The topological polar surface area (TPSA) is 100 Å². The third-order valence-corrected chi connectivity index (χ3v) is 3.06. The molecule has 20 heavy (non-hydrogen) atoms. The molecule has 2 N–H and O–H groups in total. The predicted octanol–water partition coefficient (Wildman–Crippen LogP) is 2.18. The van der Waals surface area contributed by atoms with Crippen LogP contribution in [0.15, 0.2) is 36.7 Å². The van der Waals surface area contributed by atoms with E-state index in [1.54, 1.807) is 12.1 Å². The molecule has 0 fully saturated rings. The standard InChI is InChI=1S/C14H8N2O4/c17-13(18)9-7-3-1-5-15-11(7)12-8(4-2-6-16-12)10(9)14(19)20/h1-6H,(H,17,18)(H,19,20). The van der Waals surface area contributed by atoms with E-state index >= 15 is 0 Å². The van der Waals surface area contributed by atoms with Crippen molar-refractivity contribution in [2.75, 3.05) is 0 Å². The average Bonchev–Trinajstić information content (AvgIpc) is 2.45. The second-order valence-corrected chi connectivity index (χ2v) is 4.16. The van der Waals surface area contributed by atoms with Crippen LogP contribution in [0.2, 0.25) is 0 Å². The van der Waals surface area contributed by atoms with E-state index in [1.807, 2.05) is 0 Å². The van der Waals surface area contributed by atoms with Gasteiger partial charge in [-0.05, 0) is 12.1 Å². The van der Waals surface area contributed by atoms with E-state index in [0.29, 0.717) is 11.0 Å². The molecule has 0 aliphatic carbocycles. The minimum atomic E-state index is -1.30. The number of pyridine rings is 2. The summed E-state index contributed by atoms with van der Waals surface area (Å²) in [4.78, 5) is 31.2. The van der Waals surface area contributed by atoms with Gasteiger partial charge in [-0.15, -0.1) is 0 Å². The number of fused-ring (bicyclic) bond motifs is 3.